The van der Waals surface area contributed by atoms with E-state index in [1.54, 1.807) is 0 Å². The molecule has 1 aromatic carbocycles. The summed E-state index contributed by atoms with van der Waals surface area (Å²) < 4.78 is 0. The van der Waals surface area contributed by atoms with E-state index in [2.05, 4.69) is 48.7 Å². The number of aliphatic hydroxyl groups is 1. The smallest absolute Gasteiger partial charge is 0.109 e. The number of nitrogens with one attached hydrogen (secondary N) is 2. The standard InChI is InChI=1S/C30H54N2O/c1-3-4-5-6-7-8-9-10-11-12-13-14-15-19-25-32-27(2)30(33,28-21-17-16-18-22-28)29-23-20-24-31-26-29/h16-18,21-22,27,29,31-33H,3-15,19-20,23-26H2,1-2H3. The molecule has 0 amide bonds. The summed E-state index contributed by atoms with van der Waals surface area (Å²) >= 11 is 0. The molecule has 2 rings (SSSR count). The van der Waals surface area contributed by atoms with Crippen LogP contribution in [0.3, 0.4) is 0 Å². The van der Waals surface area contributed by atoms with Crippen molar-refractivity contribution in [1.82, 2.24) is 10.6 Å². The lowest BCUT2D eigenvalue weighted by molar-refractivity contribution is -0.0605. The van der Waals surface area contributed by atoms with E-state index >= 15 is 0 Å². The van der Waals surface area contributed by atoms with E-state index in [4.69, 9.17) is 0 Å². The lowest BCUT2D eigenvalue weighted by atomic mass is 9.73. The number of hydrogen-bond donors (Lipinski definition) is 3. The highest BCUT2D eigenvalue weighted by Gasteiger charge is 2.43. The van der Waals surface area contributed by atoms with Gasteiger partial charge in [0.25, 0.3) is 0 Å². The van der Waals surface area contributed by atoms with E-state index in [1.165, 1.54) is 89.9 Å². The SMILES string of the molecule is CCCCCCCCCCCCCCCCNC(C)C(O)(c1ccccc1)C1CCCNC1. The Morgan fingerprint density at radius 1 is 0.879 bits per heavy atom. The molecule has 3 nitrogen and oxygen atoms in total. The van der Waals surface area contributed by atoms with Gasteiger partial charge in [0.2, 0.25) is 0 Å². The summed E-state index contributed by atoms with van der Waals surface area (Å²) in [6, 6.07) is 10.4. The molecule has 33 heavy (non-hydrogen) atoms. The topological polar surface area (TPSA) is 44.3 Å². The molecule has 0 radical (unpaired) electrons. The van der Waals surface area contributed by atoms with Crippen LogP contribution in [0.5, 0.6) is 0 Å². The summed E-state index contributed by atoms with van der Waals surface area (Å²) in [6.45, 7) is 7.43. The Bertz CT molecular complexity index is 572. The van der Waals surface area contributed by atoms with Crippen molar-refractivity contribution in [2.45, 2.75) is 128 Å². The molecule has 3 N–H and O–H groups in total. The molecule has 1 aromatic rings. The Morgan fingerprint density at radius 3 is 1.94 bits per heavy atom. The third kappa shape index (κ3) is 10.5. The van der Waals surface area contributed by atoms with Gasteiger partial charge in [-0.05, 0) is 44.8 Å². The highest BCUT2D eigenvalue weighted by atomic mass is 16.3. The molecule has 0 bridgehead atoms. The Kier molecular flexibility index (Phi) is 15.0. The maximum absolute atomic E-state index is 11.9. The van der Waals surface area contributed by atoms with Crippen molar-refractivity contribution in [2.75, 3.05) is 19.6 Å². The van der Waals surface area contributed by atoms with Gasteiger partial charge in [-0.2, -0.15) is 0 Å². The van der Waals surface area contributed by atoms with Gasteiger partial charge >= 0.3 is 0 Å². The van der Waals surface area contributed by atoms with E-state index in [1.807, 2.05) is 6.07 Å². The van der Waals surface area contributed by atoms with Crippen molar-refractivity contribution in [3.63, 3.8) is 0 Å². The molecule has 0 saturated carbocycles. The summed E-state index contributed by atoms with van der Waals surface area (Å²) in [5.74, 6) is 0.257. The van der Waals surface area contributed by atoms with Gasteiger partial charge in [-0.1, -0.05) is 121 Å². The quantitative estimate of drug-likeness (QED) is 0.190. The minimum atomic E-state index is -0.815. The maximum Gasteiger partial charge on any atom is 0.109 e. The van der Waals surface area contributed by atoms with E-state index < -0.39 is 5.60 Å². The predicted octanol–water partition coefficient (Wildman–Crippen LogP) is 7.33. The van der Waals surface area contributed by atoms with Crippen LogP contribution < -0.4 is 10.6 Å². The highest BCUT2D eigenvalue weighted by molar-refractivity contribution is 5.26. The van der Waals surface area contributed by atoms with Gasteiger partial charge in [-0.3, -0.25) is 0 Å². The normalized spacial score (nSPS) is 19.3. The highest BCUT2D eigenvalue weighted by Crippen LogP contribution is 2.37. The molecular formula is C30H54N2O. The molecule has 190 valence electrons. The van der Waals surface area contributed by atoms with Crippen LogP contribution in [-0.2, 0) is 5.60 Å². The van der Waals surface area contributed by atoms with Crippen LogP contribution >= 0.6 is 0 Å². The molecule has 3 unspecified atom stereocenters. The Balaban J connectivity index is 1.56. The van der Waals surface area contributed by atoms with Crippen molar-refractivity contribution in [3.8, 4) is 0 Å². The zero-order valence-electron chi connectivity index (χ0n) is 21.9. The van der Waals surface area contributed by atoms with Crippen LogP contribution in [0.1, 0.15) is 122 Å². The van der Waals surface area contributed by atoms with Crippen molar-refractivity contribution in [1.29, 1.82) is 0 Å². The number of piperidine rings is 1. The molecule has 0 aromatic heterocycles. The molecule has 1 saturated heterocycles. The van der Waals surface area contributed by atoms with Crippen molar-refractivity contribution >= 4 is 0 Å². The minimum absolute atomic E-state index is 0.0479. The van der Waals surface area contributed by atoms with Crippen molar-refractivity contribution < 1.29 is 5.11 Å². The predicted molar refractivity (Wildman–Crippen MR) is 144 cm³/mol. The molecule has 0 aliphatic carbocycles. The summed E-state index contributed by atoms with van der Waals surface area (Å²) in [5.41, 5.74) is 0.240. The zero-order chi connectivity index (χ0) is 23.6. The molecular weight excluding hydrogens is 404 g/mol. The van der Waals surface area contributed by atoms with E-state index in [9.17, 15) is 5.11 Å². The fourth-order valence-electron chi connectivity index (χ4n) is 5.57. The first-order valence-corrected chi connectivity index (χ1v) is 14.4. The third-order valence-electron chi connectivity index (χ3n) is 7.80. The molecule has 0 spiro atoms. The first-order valence-electron chi connectivity index (χ1n) is 14.4. The van der Waals surface area contributed by atoms with Crippen LogP contribution in [0.2, 0.25) is 0 Å². The van der Waals surface area contributed by atoms with Gasteiger partial charge in [0.05, 0.1) is 0 Å². The Labute approximate surface area is 205 Å². The molecule has 3 atom stereocenters. The number of rotatable bonds is 19. The molecule has 1 heterocycles. The average molecular weight is 459 g/mol. The fourth-order valence-corrected chi connectivity index (χ4v) is 5.57. The summed E-state index contributed by atoms with van der Waals surface area (Å²) in [5, 5.41) is 19.1. The summed E-state index contributed by atoms with van der Waals surface area (Å²) in [6.07, 6.45) is 21.7. The average Bonchev–Trinajstić information content (AvgIpc) is 2.86. The first kappa shape index (κ1) is 28.3. The lowest BCUT2D eigenvalue weighted by Gasteiger charge is -2.43. The van der Waals surface area contributed by atoms with E-state index in [-0.39, 0.29) is 12.0 Å². The van der Waals surface area contributed by atoms with Crippen LogP contribution in [0, 0.1) is 5.92 Å². The fraction of sp³-hybridized carbons (Fsp3) is 0.800. The molecule has 1 aliphatic rings. The summed E-state index contributed by atoms with van der Waals surface area (Å²) in [4.78, 5) is 0. The second kappa shape index (κ2) is 17.5. The maximum atomic E-state index is 11.9. The van der Waals surface area contributed by atoms with Gasteiger partial charge in [-0.15, -0.1) is 0 Å². The van der Waals surface area contributed by atoms with Gasteiger partial charge in [-0.25, -0.2) is 0 Å². The van der Waals surface area contributed by atoms with Gasteiger partial charge in [0.1, 0.15) is 5.60 Å². The Morgan fingerprint density at radius 2 is 1.42 bits per heavy atom. The minimum Gasteiger partial charge on any atom is -0.383 e. The van der Waals surface area contributed by atoms with Crippen LogP contribution in [0.4, 0.5) is 0 Å². The first-order chi connectivity index (χ1) is 16.2. The Hall–Kier alpha value is -0.900. The van der Waals surface area contributed by atoms with Crippen LogP contribution in [0.25, 0.3) is 0 Å². The monoisotopic (exact) mass is 458 g/mol. The third-order valence-corrected chi connectivity index (χ3v) is 7.80. The summed E-state index contributed by atoms with van der Waals surface area (Å²) in [7, 11) is 0. The van der Waals surface area contributed by atoms with Gasteiger partial charge in [0, 0.05) is 18.5 Å². The van der Waals surface area contributed by atoms with Crippen molar-refractivity contribution in [2.24, 2.45) is 5.92 Å². The molecule has 1 fully saturated rings. The number of benzene rings is 1. The zero-order valence-corrected chi connectivity index (χ0v) is 21.9. The van der Waals surface area contributed by atoms with E-state index in [0.717, 1.165) is 38.0 Å². The molecule has 3 heteroatoms. The second-order valence-electron chi connectivity index (χ2n) is 10.5. The largest absolute Gasteiger partial charge is 0.383 e. The van der Waals surface area contributed by atoms with Gasteiger partial charge in [0.15, 0.2) is 0 Å². The van der Waals surface area contributed by atoms with E-state index in [0.29, 0.717) is 0 Å². The lowest BCUT2D eigenvalue weighted by Crippen LogP contribution is -2.55. The molecule has 1 aliphatic heterocycles. The van der Waals surface area contributed by atoms with Gasteiger partial charge < -0.3 is 15.7 Å². The number of unbranched alkanes of at least 4 members (excludes halogenated alkanes) is 13. The number of hydrogen-bond acceptors (Lipinski definition) is 3. The van der Waals surface area contributed by atoms with Crippen LogP contribution in [-0.4, -0.2) is 30.8 Å². The second-order valence-corrected chi connectivity index (χ2v) is 10.5. The van der Waals surface area contributed by atoms with Crippen LogP contribution in [0.15, 0.2) is 30.3 Å². The van der Waals surface area contributed by atoms with Crippen molar-refractivity contribution in [3.05, 3.63) is 35.9 Å².